The number of hydrogen-bond donors (Lipinski definition) is 1. The van der Waals surface area contributed by atoms with Crippen LogP contribution in [-0.2, 0) is 6.42 Å². The molecule has 0 amide bonds. The number of fused-ring (bicyclic) bond motifs is 1. The Labute approximate surface area is 109 Å². The SMILES string of the molecule is CC(C)C(C#N)CNc1ccc2c(c1)CCCO2. The zero-order chi connectivity index (χ0) is 13.0. The van der Waals surface area contributed by atoms with Crippen LogP contribution in [0.25, 0.3) is 0 Å². The molecule has 0 saturated heterocycles. The minimum Gasteiger partial charge on any atom is -0.493 e. The average Bonchev–Trinajstić information content (AvgIpc) is 2.39. The monoisotopic (exact) mass is 244 g/mol. The summed E-state index contributed by atoms with van der Waals surface area (Å²) in [6.07, 6.45) is 2.17. The highest BCUT2D eigenvalue weighted by Gasteiger charge is 2.13. The molecule has 0 spiro atoms. The summed E-state index contributed by atoms with van der Waals surface area (Å²) in [6, 6.07) is 8.54. The molecule has 18 heavy (non-hydrogen) atoms. The fraction of sp³-hybridized carbons (Fsp3) is 0.533. The molecule has 0 aromatic heterocycles. The zero-order valence-corrected chi connectivity index (χ0v) is 11.1. The van der Waals surface area contributed by atoms with Crippen LogP contribution >= 0.6 is 0 Å². The van der Waals surface area contributed by atoms with Gasteiger partial charge in [-0.3, -0.25) is 0 Å². The van der Waals surface area contributed by atoms with Crippen molar-refractivity contribution >= 4 is 5.69 Å². The molecule has 1 aliphatic rings. The molecular formula is C15H20N2O. The van der Waals surface area contributed by atoms with E-state index in [9.17, 15) is 0 Å². The molecule has 1 aliphatic heterocycles. The van der Waals surface area contributed by atoms with E-state index >= 15 is 0 Å². The second-order valence-electron chi connectivity index (χ2n) is 5.14. The summed E-state index contributed by atoms with van der Waals surface area (Å²) in [6.45, 7) is 5.68. The van der Waals surface area contributed by atoms with E-state index in [2.05, 4.69) is 31.3 Å². The van der Waals surface area contributed by atoms with Gasteiger partial charge in [0.05, 0.1) is 18.6 Å². The van der Waals surface area contributed by atoms with Crippen molar-refractivity contribution in [3.05, 3.63) is 23.8 Å². The van der Waals surface area contributed by atoms with E-state index in [0.29, 0.717) is 12.5 Å². The van der Waals surface area contributed by atoms with Gasteiger partial charge in [0.25, 0.3) is 0 Å². The van der Waals surface area contributed by atoms with E-state index in [1.807, 2.05) is 12.1 Å². The second-order valence-corrected chi connectivity index (χ2v) is 5.14. The van der Waals surface area contributed by atoms with Crippen molar-refractivity contribution in [2.45, 2.75) is 26.7 Å². The van der Waals surface area contributed by atoms with Gasteiger partial charge >= 0.3 is 0 Å². The maximum absolute atomic E-state index is 9.06. The third-order valence-electron chi connectivity index (χ3n) is 3.41. The summed E-state index contributed by atoms with van der Waals surface area (Å²) in [5, 5.41) is 12.4. The molecular weight excluding hydrogens is 224 g/mol. The van der Waals surface area contributed by atoms with Gasteiger partial charge in [-0.15, -0.1) is 0 Å². The molecule has 3 heteroatoms. The molecule has 1 aromatic carbocycles. The lowest BCUT2D eigenvalue weighted by Gasteiger charge is -2.19. The fourth-order valence-corrected chi connectivity index (χ4v) is 2.13. The largest absolute Gasteiger partial charge is 0.493 e. The highest BCUT2D eigenvalue weighted by molar-refractivity contribution is 5.51. The van der Waals surface area contributed by atoms with E-state index in [1.165, 1.54) is 5.56 Å². The quantitative estimate of drug-likeness (QED) is 0.884. The third-order valence-corrected chi connectivity index (χ3v) is 3.41. The predicted octanol–water partition coefficient (Wildman–Crippen LogP) is 3.22. The number of nitriles is 1. The number of benzene rings is 1. The molecule has 96 valence electrons. The van der Waals surface area contributed by atoms with Crippen molar-refractivity contribution < 1.29 is 4.74 Å². The van der Waals surface area contributed by atoms with Crippen LogP contribution in [0.15, 0.2) is 18.2 Å². The molecule has 1 aromatic rings. The molecule has 0 bridgehead atoms. The predicted molar refractivity (Wildman–Crippen MR) is 72.7 cm³/mol. The fourth-order valence-electron chi connectivity index (χ4n) is 2.13. The van der Waals surface area contributed by atoms with Crippen LogP contribution in [0.1, 0.15) is 25.8 Å². The number of rotatable bonds is 4. The number of nitrogens with one attached hydrogen (secondary N) is 1. The van der Waals surface area contributed by atoms with Crippen molar-refractivity contribution in [3.8, 4) is 11.8 Å². The van der Waals surface area contributed by atoms with E-state index in [-0.39, 0.29) is 5.92 Å². The van der Waals surface area contributed by atoms with Gasteiger partial charge in [-0.1, -0.05) is 13.8 Å². The van der Waals surface area contributed by atoms with Crippen LogP contribution in [0.4, 0.5) is 5.69 Å². The van der Waals surface area contributed by atoms with Gasteiger partial charge in [0, 0.05) is 12.2 Å². The molecule has 0 radical (unpaired) electrons. The lowest BCUT2D eigenvalue weighted by molar-refractivity contribution is 0.288. The number of hydrogen-bond acceptors (Lipinski definition) is 3. The van der Waals surface area contributed by atoms with Crippen molar-refractivity contribution in [2.24, 2.45) is 11.8 Å². The summed E-state index contributed by atoms with van der Waals surface area (Å²) in [5.41, 5.74) is 2.35. The molecule has 1 N–H and O–H groups in total. The normalized spacial score (nSPS) is 15.4. The van der Waals surface area contributed by atoms with Crippen LogP contribution < -0.4 is 10.1 Å². The Hall–Kier alpha value is -1.69. The van der Waals surface area contributed by atoms with Crippen molar-refractivity contribution in [2.75, 3.05) is 18.5 Å². The minimum atomic E-state index is 0.0530. The molecule has 0 fully saturated rings. The highest BCUT2D eigenvalue weighted by Crippen LogP contribution is 2.27. The number of nitrogens with zero attached hydrogens (tertiary/aromatic N) is 1. The first-order valence-electron chi connectivity index (χ1n) is 6.60. The van der Waals surface area contributed by atoms with Crippen LogP contribution in [0, 0.1) is 23.2 Å². The second kappa shape index (κ2) is 5.77. The summed E-state index contributed by atoms with van der Waals surface area (Å²) < 4.78 is 5.58. The van der Waals surface area contributed by atoms with Gasteiger partial charge in [0.2, 0.25) is 0 Å². The van der Waals surface area contributed by atoms with Gasteiger partial charge in [-0.05, 0) is 42.5 Å². The van der Waals surface area contributed by atoms with Crippen LogP contribution in [0.5, 0.6) is 5.75 Å². The first-order valence-corrected chi connectivity index (χ1v) is 6.60. The average molecular weight is 244 g/mol. The highest BCUT2D eigenvalue weighted by atomic mass is 16.5. The standard InChI is InChI=1S/C15H20N2O/c1-11(2)13(9-16)10-17-14-5-6-15-12(8-14)4-3-7-18-15/h5-6,8,11,13,17H,3-4,7,10H2,1-2H3. The smallest absolute Gasteiger partial charge is 0.122 e. The topological polar surface area (TPSA) is 45.0 Å². The van der Waals surface area contributed by atoms with Gasteiger partial charge in [0.1, 0.15) is 5.75 Å². The van der Waals surface area contributed by atoms with E-state index < -0.39 is 0 Å². The van der Waals surface area contributed by atoms with E-state index in [0.717, 1.165) is 30.9 Å². The van der Waals surface area contributed by atoms with E-state index in [1.54, 1.807) is 0 Å². The van der Waals surface area contributed by atoms with Gasteiger partial charge in [0.15, 0.2) is 0 Å². The van der Waals surface area contributed by atoms with Crippen molar-refractivity contribution in [1.29, 1.82) is 5.26 Å². The summed E-state index contributed by atoms with van der Waals surface area (Å²) >= 11 is 0. The van der Waals surface area contributed by atoms with Gasteiger partial charge in [-0.2, -0.15) is 5.26 Å². The maximum atomic E-state index is 9.06. The van der Waals surface area contributed by atoms with Crippen molar-refractivity contribution in [3.63, 3.8) is 0 Å². The lowest BCUT2D eigenvalue weighted by atomic mass is 9.97. The molecule has 1 unspecified atom stereocenters. The van der Waals surface area contributed by atoms with E-state index in [4.69, 9.17) is 10.00 Å². The lowest BCUT2D eigenvalue weighted by Crippen LogP contribution is -2.18. The maximum Gasteiger partial charge on any atom is 0.122 e. The Bertz CT molecular complexity index is 448. The molecule has 1 atom stereocenters. The number of aryl methyl sites for hydroxylation is 1. The molecule has 1 heterocycles. The minimum absolute atomic E-state index is 0.0530. The first kappa shape index (κ1) is 12.8. The Morgan fingerprint density at radius 2 is 2.28 bits per heavy atom. The molecule has 2 rings (SSSR count). The number of ether oxygens (including phenoxy) is 1. The van der Waals surface area contributed by atoms with Crippen molar-refractivity contribution in [1.82, 2.24) is 0 Å². The summed E-state index contributed by atoms with van der Waals surface area (Å²) in [7, 11) is 0. The van der Waals surface area contributed by atoms with Gasteiger partial charge in [-0.25, -0.2) is 0 Å². The van der Waals surface area contributed by atoms with Crippen LogP contribution in [0.2, 0.25) is 0 Å². The summed E-state index contributed by atoms with van der Waals surface area (Å²) in [4.78, 5) is 0. The number of anilines is 1. The van der Waals surface area contributed by atoms with Crippen LogP contribution in [0.3, 0.4) is 0 Å². The zero-order valence-electron chi connectivity index (χ0n) is 11.1. The Morgan fingerprint density at radius 1 is 1.44 bits per heavy atom. The Morgan fingerprint density at radius 3 is 3.00 bits per heavy atom. The Kier molecular flexibility index (Phi) is 4.09. The summed E-state index contributed by atoms with van der Waals surface area (Å²) in [5.74, 6) is 1.44. The third kappa shape index (κ3) is 2.95. The van der Waals surface area contributed by atoms with Crippen LogP contribution in [-0.4, -0.2) is 13.2 Å². The molecule has 0 saturated carbocycles. The Balaban J connectivity index is 2.00. The molecule has 0 aliphatic carbocycles. The van der Waals surface area contributed by atoms with Gasteiger partial charge < -0.3 is 10.1 Å². The molecule has 3 nitrogen and oxygen atoms in total. The first-order chi connectivity index (χ1) is 8.70.